The van der Waals surface area contributed by atoms with E-state index in [1.54, 1.807) is 0 Å². The lowest BCUT2D eigenvalue weighted by molar-refractivity contribution is 1.22. The number of hydrogen-bond acceptors (Lipinski definition) is 3. The summed E-state index contributed by atoms with van der Waals surface area (Å²) in [5.74, 6) is 0.503. The SMILES string of the molecule is Cc1c[nH]c2c(N)ncnc12. The molecule has 3 N–H and O–H groups in total. The van der Waals surface area contributed by atoms with Crippen LogP contribution >= 0.6 is 0 Å². The summed E-state index contributed by atoms with van der Waals surface area (Å²) >= 11 is 0. The summed E-state index contributed by atoms with van der Waals surface area (Å²) in [4.78, 5) is 10.9. The Bertz CT molecular complexity index is 390. The van der Waals surface area contributed by atoms with Gasteiger partial charge in [0.15, 0.2) is 5.82 Å². The maximum atomic E-state index is 5.59. The largest absolute Gasteiger partial charge is 0.382 e. The van der Waals surface area contributed by atoms with E-state index in [0.717, 1.165) is 16.6 Å². The smallest absolute Gasteiger partial charge is 0.151 e. The van der Waals surface area contributed by atoms with Gasteiger partial charge in [0.25, 0.3) is 0 Å². The molecule has 0 atom stereocenters. The number of fused-ring (bicyclic) bond motifs is 1. The van der Waals surface area contributed by atoms with E-state index in [1.807, 2.05) is 13.1 Å². The van der Waals surface area contributed by atoms with Gasteiger partial charge in [0.05, 0.1) is 5.52 Å². The highest BCUT2D eigenvalue weighted by Gasteiger charge is 2.02. The van der Waals surface area contributed by atoms with Crippen LogP contribution in [0.5, 0.6) is 0 Å². The molecule has 0 aliphatic rings. The second kappa shape index (κ2) is 1.95. The Morgan fingerprint density at radius 3 is 3.00 bits per heavy atom. The van der Waals surface area contributed by atoms with Crippen molar-refractivity contribution in [3.63, 3.8) is 0 Å². The quantitative estimate of drug-likeness (QED) is 0.582. The number of nitrogens with two attached hydrogens (primary N) is 1. The first-order chi connectivity index (χ1) is 5.29. The van der Waals surface area contributed by atoms with Crippen LogP contribution in [0.15, 0.2) is 12.5 Å². The number of aromatic amines is 1. The van der Waals surface area contributed by atoms with E-state index in [4.69, 9.17) is 5.73 Å². The van der Waals surface area contributed by atoms with Gasteiger partial charge in [0.1, 0.15) is 11.8 Å². The Hall–Kier alpha value is -1.58. The number of nitrogens with one attached hydrogen (secondary N) is 1. The van der Waals surface area contributed by atoms with E-state index >= 15 is 0 Å². The summed E-state index contributed by atoms with van der Waals surface area (Å²) in [5.41, 5.74) is 8.40. The Kier molecular flexibility index (Phi) is 1.09. The summed E-state index contributed by atoms with van der Waals surface area (Å²) < 4.78 is 0. The summed E-state index contributed by atoms with van der Waals surface area (Å²) in [5, 5.41) is 0. The minimum Gasteiger partial charge on any atom is -0.382 e. The van der Waals surface area contributed by atoms with Crippen LogP contribution in [0.3, 0.4) is 0 Å². The molecule has 2 aromatic rings. The van der Waals surface area contributed by atoms with Crippen molar-refractivity contribution in [1.82, 2.24) is 15.0 Å². The van der Waals surface area contributed by atoms with Crippen LogP contribution in [-0.2, 0) is 0 Å². The average Bonchev–Trinajstić information content (AvgIpc) is 2.35. The van der Waals surface area contributed by atoms with E-state index in [0.29, 0.717) is 5.82 Å². The minimum atomic E-state index is 0.503. The van der Waals surface area contributed by atoms with Crippen molar-refractivity contribution < 1.29 is 0 Å². The highest BCUT2D eigenvalue weighted by atomic mass is 14.9. The minimum absolute atomic E-state index is 0.503. The van der Waals surface area contributed by atoms with Crippen molar-refractivity contribution in [2.24, 2.45) is 0 Å². The molecule has 0 fully saturated rings. The molecule has 0 saturated heterocycles. The number of aromatic nitrogens is 3. The molecule has 0 aromatic carbocycles. The van der Waals surface area contributed by atoms with Gasteiger partial charge >= 0.3 is 0 Å². The Labute approximate surface area is 63.5 Å². The molecule has 0 radical (unpaired) electrons. The van der Waals surface area contributed by atoms with Crippen LogP contribution in [0.25, 0.3) is 11.0 Å². The summed E-state index contributed by atoms with van der Waals surface area (Å²) in [7, 11) is 0. The van der Waals surface area contributed by atoms with Gasteiger partial charge < -0.3 is 10.7 Å². The summed E-state index contributed by atoms with van der Waals surface area (Å²) in [6.45, 7) is 1.98. The van der Waals surface area contributed by atoms with Gasteiger partial charge in [-0.3, -0.25) is 0 Å². The van der Waals surface area contributed by atoms with Crippen molar-refractivity contribution in [2.75, 3.05) is 5.73 Å². The first-order valence-electron chi connectivity index (χ1n) is 3.33. The number of rotatable bonds is 0. The Morgan fingerprint density at radius 2 is 2.27 bits per heavy atom. The monoisotopic (exact) mass is 148 g/mol. The van der Waals surface area contributed by atoms with E-state index in [9.17, 15) is 0 Å². The molecular weight excluding hydrogens is 140 g/mol. The van der Waals surface area contributed by atoms with Crippen molar-refractivity contribution >= 4 is 16.9 Å². The lowest BCUT2D eigenvalue weighted by atomic mass is 10.3. The highest BCUT2D eigenvalue weighted by Crippen LogP contribution is 2.17. The van der Waals surface area contributed by atoms with Crippen LogP contribution in [-0.4, -0.2) is 15.0 Å². The molecule has 0 amide bonds. The maximum Gasteiger partial charge on any atom is 0.151 e. The van der Waals surface area contributed by atoms with Crippen molar-refractivity contribution in [3.8, 4) is 0 Å². The molecule has 2 aromatic heterocycles. The van der Waals surface area contributed by atoms with E-state index in [2.05, 4.69) is 15.0 Å². The van der Waals surface area contributed by atoms with E-state index < -0.39 is 0 Å². The molecule has 0 aliphatic heterocycles. The number of H-pyrrole nitrogens is 1. The standard InChI is InChI=1S/C7H8N4/c1-4-2-9-6-5(4)10-3-11-7(6)8/h2-3,9H,1H3,(H2,8,10,11). The predicted molar refractivity (Wildman–Crippen MR) is 43.0 cm³/mol. The van der Waals surface area contributed by atoms with E-state index in [-0.39, 0.29) is 0 Å². The molecule has 2 rings (SSSR count). The van der Waals surface area contributed by atoms with Crippen LogP contribution in [0.4, 0.5) is 5.82 Å². The zero-order chi connectivity index (χ0) is 7.84. The van der Waals surface area contributed by atoms with Gasteiger partial charge in [-0.1, -0.05) is 0 Å². The fourth-order valence-electron chi connectivity index (χ4n) is 1.09. The number of nitrogens with zero attached hydrogens (tertiary/aromatic N) is 2. The second-order valence-corrected chi connectivity index (χ2v) is 2.45. The number of hydrogen-bond donors (Lipinski definition) is 2. The summed E-state index contributed by atoms with van der Waals surface area (Å²) in [6.07, 6.45) is 3.34. The highest BCUT2D eigenvalue weighted by molar-refractivity contribution is 5.86. The maximum absolute atomic E-state index is 5.59. The number of nitrogen functional groups attached to an aromatic ring is 1. The third-order valence-electron chi connectivity index (χ3n) is 1.68. The van der Waals surface area contributed by atoms with E-state index in [1.165, 1.54) is 6.33 Å². The third-order valence-corrected chi connectivity index (χ3v) is 1.68. The number of aryl methyl sites for hydroxylation is 1. The lowest BCUT2D eigenvalue weighted by Crippen LogP contribution is -1.91. The third kappa shape index (κ3) is 0.756. The molecule has 0 aliphatic carbocycles. The van der Waals surface area contributed by atoms with Gasteiger partial charge in [-0.05, 0) is 12.5 Å². The molecular formula is C7H8N4. The normalized spacial score (nSPS) is 10.6. The molecule has 4 heteroatoms. The summed E-state index contributed by atoms with van der Waals surface area (Å²) in [6, 6.07) is 0. The molecule has 0 spiro atoms. The number of anilines is 1. The van der Waals surface area contributed by atoms with Crippen LogP contribution in [0, 0.1) is 6.92 Å². The molecule has 0 bridgehead atoms. The first-order valence-corrected chi connectivity index (χ1v) is 3.33. The predicted octanol–water partition coefficient (Wildman–Crippen LogP) is 0.849. The van der Waals surface area contributed by atoms with Crippen molar-refractivity contribution in [2.45, 2.75) is 6.92 Å². The molecule has 56 valence electrons. The Morgan fingerprint density at radius 1 is 1.45 bits per heavy atom. The van der Waals surface area contributed by atoms with Crippen LogP contribution < -0.4 is 5.73 Å². The van der Waals surface area contributed by atoms with Gasteiger partial charge in [0, 0.05) is 6.20 Å². The zero-order valence-electron chi connectivity index (χ0n) is 6.13. The topological polar surface area (TPSA) is 67.6 Å². The Balaban J connectivity index is 2.94. The van der Waals surface area contributed by atoms with Crippen LogP contribution in [0.2, 0.25) is 0 Å². The average molecular weight is 148 g/mol. The second-order valence-electron chi connectivity index (χ2n) is 2.45. The van der Waals surface area contributed by atoms with Gasteiger partial charge in [-0.15, -0.1) is 0 Å². The van der Waals surface area contributed by atoms with Gasteiger partial charge in [-0.25, -0.2) is 9.97 Å². The van der Waals surface area contributed by atoms with Crippen LogP contribution in [0.1, 0.15) is 5.56 Å². The fraction of sp³-hybridized carbons (Fsp3) is 0.143. The molecule has 2 heterocycles. The zero-order valence-corrected chi connectivity index (χ0v) is 6.13. The fourth-order valence-corrected chi connectivity index (χ4v) is 1.09. The van der Waals surface area contributed by atoms with Gasteiger partial charge in [0.2, 0.25) is 0 Å². The molecule has 4 nitrogen and oxygen atoms in total. The molecule has 11 heavy (non-hydrogen) atoms. The van der Waals surface area contributed by atoms with Crippen molar-refractivity contribution in [1.29, 1.82) is 0 Å². The lowest BCUT2D eigenvalue weighted by Gasteiger charge is -1.92. The molecule has 0 saturated carbocycles. The molecule has 0 unspecified atom stereocenters. The van der Waals surface area contributed by atoms with Gasteiger partial charge in [-0.2, -0.15) is 0 Å². The van der Waals surface area contributed by atoms with Crippen molar-refractivity contribution in [3.05, 3.63) is 18.1 Å². The first kappa shape index (κ1) is 6.15.